The number of methoxy groups -OCH3 is 1. The third kappa shape index (κ3) is 5.81. The zero-order valence-corrected chi connectivity index (χ0v) is 18.8. The molecule has 0 atom stereocenters. The molecule has 164 valence electrons. The van der Waals surface area contributed by atoms with Gasteiger partial charge in [-0.25, -0.2) is 8.42 Å². The summed E-state index contributed by atoms with van der Waals surface area (Å²) in [6.07, 6.45) is 0. The summed E-state index contributed by atoms with van der Waals surface area (Å²) in [5.41, 5.74) is 2.16. The first kappa shape index (κ1) is 23.9. The SMILES string of the molecule is CCOCc1ccc(CNC(=O)c2cc(S(=O)(=O)N(CC)CC)ccc2OC)cc1. The first-order valence-corrected chi connectivity index (χ1v) is 11.4. The molecule has 0 fully saturated rings. The lowest BCUT2D eigenvalue weighted by Gasteiger charge is -2.19. The predicted molar refractivity (Wildman–Crippen MR) is 116 cm³/mol. The Morgan fingerprint density at radius 3 is 2.20 bits per heavy atom. The van der Waals surface area contributed by atoms with Crippen molar-refractivity contribution in [1.29, 1.82) is 0 Å². The average molecular weight is 435 g/mol. The van der Waals surface area contributed by atoms with E-state index in [9.17, 15) is 13.2 Å². The van der Waals surface area contributed by atoms with E-state index >= 15 is 0 Å². The van der Waals surface area contributed by atoms with E-state index in [1.54, 1.807) is 13.8 Å². The minimum absolute atomic E-state index is 0.0671. The van der Waals surface area contributed by atoms with E-state index in [-0.39, 0.29) is 10.5 Å². The Labute approximate surface area is 179 Å². The molecule has 8 heteroatoms. The summed E-state index contributed by atoms with van der Waals surface area (Å²) >= 11 is 0. The van der Waals surface area contributed by atoms with E-state index in [1.807, 2.05) is 31.2 Å². The van der Waals surface area contributed by atoms with Gasteiger partial charge >= 0.3 is 0 Å². The maximum atomic E-state index is 12.8. The molecule has 0 saturated heterocycles. The van der Waals surface area contributed by atoms with Crippen LogP contribution in [0, 0.1) is 0 Å². The lowest BCUT2D eigenvalue weighted by Crippen LogP contribution is -2.31. The minimum Gasteiger partial charge on any atom is -0.496 e. The van der Waals surface area contributed by atoms with Crippen LogP contribution >= 0.6 is 0 Å². The molecule has 30 heavy (non-hydrogen) atoms. The molecule has 2 aromatic carbocycles. The Balaban J connectivity index is 2.18. The molecule has 0 aliphatic carbocycles. The highest BCUT2D eigenvalue weighted by Gasteiger charge is 2.24. The van der Waals surface area contributed by atoms with Gasteiger partial charge in [-0.2, -0.15) is 4.31 Å². The van der Waals surface area contributed by atoms with Gasteiger partial charge < -0.3 is 14.8 Å². The maximum Gasteiger partial charge on any atom is 0.255 e. The molecule has 0 unspecified atom stereocenters. The maximum absolute atomic E-state index is 12.8. The van der Waals surface area contributed by atoms with Crippen molar-refractivity contribution in [3.8, 4) is 5.75 Å². The number of hydrogen-bond donors (Lipinski definition) is 1. The average Bonchev–Trinajstić information content (AvgIpc) is 2.76. The molecule has 2 aromatic rings. The second kappa shape index (κ2) is 11.1. The fourth-order valence-electron chi connectivity index (χ4n) is 2.99. The number of sulfonamides is 1. The second-order valence-electron chi connectivity index (χ2n) is 6.59. The van der Waals surface area contributed by atoms with Gasteiger partial charge in [-0.05, 0) is 36.2 Å². The summed E-state index contributed by atoms with van der Waals surface area (Å²) in [7, 11) is -2.23. The fraction of sp³-hybridized carbons (Fsp3) is 0.409. The highest BCUT2D eigenvalue weighted by atomic mass is 32.2. The zero-order chi connectivity index (χ0) is 22.1. The summed E-state index contributed by atoms with van der Waals surface area (Å²) in [5.74, 6) is -0.0834. The van der Waals surface area contributed by atoms with Crippen LogP contribution in [-0.2, 0) is 27.9 Å². The van der Waals surface area contributed by atoms with Gasteiger partial charge in [0.05, 0.1) is 24.2 Å². The van der Waals surface area contributed by atoms with E-state index in [0.29, 0.717) is 38.6 Å². The molecule has 1 N–H and O–H groups in total. The number of rotatable bonds is 11. The topological polar surface area (TPSA) is 84.9 Å². The number of carbonyl (C=O) groups excluding carboxylic acids is 1. The van der Waals surface area contributed by atoms with Crippen LogP contribution in [0.5, 0.6) is 5.75 Å². The fourth-order valence-corrected chi connectivity index (χ4v) is 4.47. The minimum atomic E-state index is -3.68. The molecule has 0 aliphatic heterocycles. The van der Waals surface area contributed by atoms with Crippen LogP contribution in [0.15, 0.2) is 47.4 Å². The smallest absolute Gasteiger partial charge is 0.255 e. The van der Waals surface area contributed by atoms with Crippen LogP contribution in [0.4, 0.5) is 0 Å². The monoisotopic (exact) mass is 434 g/mol. The molecule has 0 radical (unpaired) electrons. The van der Waals surface area contributed by atoms with Crippen molar-refractivity contribution >= 4 is 15.9 Å². The Morgan fingerprint density at radius 1 is 1.00 bits per heavy atom. The van der Waals surface area contributed by atoms with Gasteiger partial charge in [-0.15, -0.1) is 0 Å². The van der Waals surface area contributed by atoms with Crippen LogP contribution in [-0.4, -0.2) is 45.4 Å². The van der Waals surface area contributed by atoms with E-state index in [4.69, 9.17) is 9.47 Å². The molecule has 0 bridgehead atoms. The highest BCUT2D eigenvalue weighted by molar-refractivity contribution is 7.89. The first-order chi connectivity index (χ1) is 14.4. The van der Waals surface area contributed by atoms with Gasteiger partial charge in [-0.1, -0.05) is 38.1 Å². The van der Waals surface area contributed by atoms with Crippen LogP contribution in [0.1, 0.15) is 42.3 Å². The van der Waals surface area contributed by atoms with Crippen LogP contribution in [0.25, 0.3) is 0 Å². The third-order valence-electron chi connectivity index (χ3n) is 4.71. The lowest BCUT2D eigenvalue weighted by atomic mass is 10.1. The van der Waals surface area contributed by atoms with Gasteiger partial charge in [0.25, 0.3) is 5.91 Å². The van der Waals surface area contributed by atoms with Crippen molar-refractivity contribution in [3.05, 3.63) is 59.2 Å². The Kier molecular flexibility index (Phi) is 8.83. The third-order valence-corrected chi connectivity index (χ3v) is 6.75. The van der Waals surface area contributed by atoms with Gasteiger partial charge in [0.15, 0.2) is 0 Å². The van der Waals surface area contributed by atoms with E-state index in [0.717, 1.165) is 11.1 Å². The second-order valence-corrected chi connectivity index (χ2v) is 8.53. The number of amides is 1. The van der Waals surface area contributed by atoms with E-state index < -0.39 is 15.9 Å². The van der Waals surface area contributed by atoms with Crippen molar-refractivity contribution in [2.75, 3.05) is 26.8 Å². The number of hydrogen-bond acceptors (Lipinski definition) is 5. The molecule has 0 saturated carbocycles. The zero-order valence-electron chi connectivity index (χ0n) is 18.0. The van der Waals surface area contributed by atoms with Crippen molar-refractivity contribution in [2.45, 2.75) is 38.8 Å². The summed E-state index contributed by atoms with van der Waals surface area (Å²) < 4.78 is 37.6. The van der Waals surface area contributed by atoms with Crippen molar-refractivity contribution in [2.24, 2.45) is 0 Å². The molecule has 0 aliphatic rings. The summed E-state index contributed by atoms with van der Waals surface area (Å²) in [4.78, 5) is 12.8. The van der Waals surface area contributed by atoms with Crippen LogP contribution in [0.3, 0.4) is 0 Å². The van der Waals surface area contributed by atoms with Gasteiger partial charge in [0, 0.05) is 26.2 Å². The Hall–Kier alpha value is -2.42. The number of nitrogens with zero attached hydrogens (tertiary/aromatic N) is 1. The molecule has 0 aromatic heterocycles. The van der Waals surface area contributed by atoms with Gasteiger partial charge in [-0.3, -0.25) is 4.79 Å². The number of carbonyl (C=O) groups is 1. The molecular formula is C22H30N2O5S. The van der Waals surface area contributed by atoms with Crippen LogP contribution < -0.4 is 10.1 Å². The summed E-state index contributed by atoms with van der Waals surface area (Å²) in [6, 6.07) is 12.1. The van der Waals surface area contributed by atoms with Gasteiger partial charge in [0.2, 0.25) is 10.0 Å². The van der Waals surface area contributed by atoms with Crippen molar-refractivity contribution in [1.82, 2.24) is 9.62 Å². The first-order valence-electron chi connectivity index (χ1n) is 9.99. The standard InChI is InChI=1S/C22H30N2O5S/c1-5-24(6-2)30(26,27)19-12-13-21(28-4)20(14-19)22(25)23-15-17-8-10-18(11-9-17)16-29-7-3/h8-14H,5-7,15-16H2,1-4H3,(H,23,25). The number of ether oxygens (including phenoxy) is 2. The number of nitrogens with one attached hydrogen (secondary N) is 1. The number of benzene rings is 2. The summed E-state index contributed by atoms with van der Waals surface area (Å²) in [5, 5.41) is 2.83. The van der Waals surface area contributed by atoms with E-state index in [2.05, 4.69) is 5.32 Å². The molecule has 1 amide bonds. The largest absolute Gasteiger partial charge is 0.496 e. The van der Waals surface area contributed by atoms with Crippen molar-refractivity contribution < 1.29 is 22.7 Å². The summed E-state index contributed by atoms with van der Waals surface area (Å²) in [6.45, 7) is 7.72. The van der Waals surface area contributed by atoms with Gasteiger partial charge in [0.1, 0.15) is 5.75 Å². The normalized spacial score (nSPS) is 11.5. The van der Waals surface area contributed by atoms with Crippen molar-refractivity contribution in [3.63, 3.8) is 0 Å². The Bertz CT molecular complexity index is 939. The quantitative estimate of drug-likeness (QED) is 0.587. The predicted octanol–water partition coefficient (Wildman–Crippen LogP) is 3.19. The molecule has 2 rings (SSSR count). The van der Waals surface area contributed by atoms with E-state index in [1.165, 1.54) is 29.6 Å². The molecular weight excluding hydrogens is 404 g/mol. The van der Waals surface area contributed by atoms with Crippen LogP contribution in [0.2, 0.25) is 0 Å². The highest BCUT2D eigenvalue weighted by Crippen LogP contribution is 2.24. The Morgan fingerprint density at radius 2 is 1.63 bits per heavy atom. The molecule has 7 nitrogen and oxygen atoms in total. The molecule has 0 heterocycles. The molecule has 0 spiro atoms. The lowest BCUT2D eigenvalue weighted by molar-refractivity contribution is 0.0947.